The predicted octanol–water partition coefficient (Wildman–Crippen LogP) is 5.27. The first kappa shape index (κ1) is 21.8. The molecule has 9 heteroatoms. The number of rotatable bonds is 3. The van der Waals surface area contributed by atoms with Crippen molar-refractivity contribution in [2.75, 3.05) is 0 Å². The van der Waals surface area contributed by atoms with Gasteiger partial charge in [-0.2, -0.15) is 0 Å². The van der Waals surface area contributed by atoms with Crippen LogP contribution in [0.5, 0.6) is 0 Å². The smallest absolute Gasteiger partial charge is 0.258 e. The second-order valence-electron chi connectivity index (χ2n) is 4.24. The van der Waals surface area contributed by atoms with Gasteiger partial charge < -0.3 is 0 Å². The summed E-state index contributed by atoms with van der Waals surface area (Å²) in [5.74, 6) is -0.891. The van der Waals surface area contributed by atoms with E-state index in [0.717, 1.165) is 24.3 Å². The lowest BCUT2D eigenvalue weighted by Gasteiger charge is -1.98. The van der Waals surface area contributed by atoms with Crippen LogP contribution in [0.15, 0.2) is 36.4 Å². The Bertz CT molecular complexity index is 741. The second-order valence-corrected chi connectivity index (χ2v) is 5.40. The van der Waals surface area contributed by atoms with E-state index >= 15 is 0 Å². The van der Waals surface area contributed by atoms with E-state index in [1.165, 1.54) is 12.1 Å². The average Bonchev–Trinajstić information content (AvgIpc) is 2.46. The summed E-state index contributed by atoms with van der Waals surface area (Å²) in [5, 5.41) is 20.6. The Balaban J connectivity index is 0.000000425. The first-order chi connectivity index (χ1) is 10.8. The minimum absolute atomic E-state index is 0. The molecule has 0 saturated heterocycles. The van der Waals surface area contributed by atoms with Crippen LogP contribution in [0.2, 0.25) is 0 Å². The molecule has 0 aliphatic rings. The van der Waals surface area contributed by atoms with Crippen molar-refractivity contribution in [1.82, 2.24) is 0 Å². The molecule has 0 radical (unpaired) electrons. The van der Waals surface area contributed by atoms with E-state index in [2.05, 4.69) is 0 Å². The minimum Gasteiger partial charge on any atom is -0.258 e. The highest BCUT2D eigenvalue weighted by Gasteiger charge is 2.12. The second kappa shape index (κ2) is 9.85. The summed E-state index contributed by atoms with van der Waals surface area (Å²) in [6, 6.07) is 6.82. The number of benzene rings is 2. The lowest BCUT2D eigenvalue weighted by molar-refractivity contribution is -0.385. The van der Waals surface area contributed by atoms with E-state index in [1.807, 2.05) is 0 Å². The standard InChI is InChI=1S/C8H8FNO2.C6H3FINO2.CH4/c1-2-6-5-7(9)3-4-8(6)10(11)12;7-4-1-2-6(9(10)11)5(8)3-4;/h3-5H,2H2,1H3;1-3H;1H4. The van der Waals surface area contributed by atoms with E-state index in [1.54, 1.807) is 29.5 Å². The van der Waals surface area contributed by atoms with Crippen molar-refractivity contribution in [2.45, 2.75) is 20.8 Å². The first-order valence-electron chi connectivity index (χ1n) is 6.28. The van der Waals surface area contributed by atoms with Crippen molar-refractivity contribution in [3.8, 4) is 0 Å². The fraction of sp³-hybridized carbons (Fsp3) is 0.200. The van der Waals surface area contributed by atoms with Crippen molar-refractivity contribution >= 4 is 34.0 Å². The molecule has 2 aromatic carbocycles. The summed E-state index contributed by atoms with van der Waals surface area (Å²) in [7, 11) is 0. The SMILES string of the molecule is C.CCc1cc(F)ccc1[N+](=O)[O-].O=[N+]([O-])c1ccc(F)cc1I. The topological polar surface area (TPSA) is 86.3 Å². The lowest BCUT2D eigenvalue weighted by atomic mass is 10.1. The van der Waals surface area contributed by atoms with E-state index < -0.39 is 21.5 Å². The molecule has 0 spiro atoms. The van der Waals surface area contributed by atoms with Gasteiger partial charge in [0.1, 0.15) is 11.6 Å². The molecular formula is C15H15F2IN2O4. The highest BCUT2D eigenvalue weighted by Crippen LogP contribution is 2.21. The molecule has 24 heavy (non-hydrogen) atoms. The maximum absolute atomic E-state index is 12.6. The number of aryl methyl sites for hydroxylation is 1. The maximum Gasteiger partial charge on any atom is 0.282 e. The Labute approximate surface area is 150 Å². The van der Waals surface area contributed by atoms with Crippen LogP contribution in [-0.4, -0.2) is 9.85 Å². The largest absolute Gasteiger partial charge is 0.282 e. The summed E-state index contributed by atoms with van der Waals surface area (Å²) in [4.78, 5) is 19.5. The molecule has 0 aromatic heterocycles. The number of nitro benzene ring substituents is 2. The van der Waals surface area contributed by atoms with Crippen LogP contribution in [-0.2, 0) is 6.42 Å². The first-order valence-corrected chi connectivity index (χ1v) is 7.36. The molecule has 0 unspecified atom stereocenters. The summed E-state index contributed by atoms with van der Waals surface area (Å²) in [6.07, 6.45) is 0.466. The molecule has 2 rings (SSSR count). The van der Waals surface area contributed by atoms with Gasteiger partial charge in [0.25, 0.3) is 11.4 Å². The molecule has 0 heterocycles. The van der Waals surface area contributed by atoms with Crippen LogP contribution in [0.25, 0.3) is 0 Å². The number of nitro groups is 2. The molecule has 0 amide bonds. The van der Waals surface area contributed by atoms with Gasteiger partial charge >= 0.3 is 0 Å². The zero-order chi connectivity index (χ0) is 17.6. The van der Waals surface area contributed by atoms with Crippen LogP contribution in [0.1, 0.15) is 19.9 Å². The minimum atomic E-state index is -0.540. The Morgan fingerprint density at radius 2 is 1.42 bits per heavy atom. The molecule has 0 fully saturated rings. The number of halogens is 3. The van der Waals surface area contributed by atoms with Crippen molar-refractivity contribution < 1.29 is 18.6 Å². The van der Waals surface area contributed by atoms with Gasteiger partial charge in [-0.05, 0) is 53.3 Å². The molecule has 0 aliphatic heterocycles. The zero-order valence-electron chi connectivity index (χ0n) is 11.8. The van der Waals surface area contributed by atoms with Gasteiger partial charge in [0.15, 0.2) is 0 Å². The van der Waals surface area contributed by atoms with Crippen LogP contribution < -0.4 is 0 Å². The van der Waals surface area contributed by atoms with Gasteiger partial charge in [-0.3, -0.25) is 20.2 Å². The fourth-order valence-corrected chi connectivity index (χ4v) is 2.32. The third-order valence-electron chi connectivity index (χ3n) is 2.73. The van der Waals surface area contributed by atoms with Crippen molar-refractivity contribution in [2.24, 2.45) is 0 Å². The molecule has 0 atom stereocenters. The summed E-state index contributed by atoms with van der Waals surface area (Å²) in [5.41, 5.74) is 0.353. The van der Waals surface area contributed by atoms with Crippen LogP contribution in [0.3, 0.4) is 0 Å². The normalized spacial score (nSPS) is 9.33. The zero-order valence-corrected chi connectivity index (χ0v) is 14.0. The van der Waals surface area contributed by atoms with Crippen LogP contribution >= 0.6 is 22.6 Å². The molecule has 2 aromatic rings. The average molecular weight is 452 g/mol. The van der Waals surface area contributed by atoms with E-state index in [9.17, 15) is 29.0 Å². The molecule has 130 valence electrons. The van der Waals surface area contributed by atoms with Gasteiger partial charge in [0.2, 0.25) is 0 Å². The third-order valence-corrected chi connectivity index (χ3v) is 3.59. The highest BCUT2D eigenvalue weighted by molar-refractivity contribution is 14.1. The Hall–Kier alpha value is -2.17. The quantitative estimate of drug-likeness (QED) is 0.361. The van der Waals surface area contributed by atoms with Crippen molar-refractivity contribution in [1.29, 1.82) is 0 Å². The van der Waals surface area contributed by atoms with E-state index in [-0.39, 0.29) is 18.8 Å². The summed E-state index contributed by atoms with van der Waals surface area (Å²) in [6.45, 7) is 1.75. The summed E-state index contributed by atoms with van der Waals surface area (Å²) < 4.78 is 25.3. The van der Waals surface area contributed by atoms with Crippen LogP contribution in [0, 0.1) is 35.4 Å². The highest BCUT2D eigenvalue weighted by atomic mass is 127. The third kappa shape index (κ3) is 6.14. The molecule has 0 bridgehead atoms. The van der Waals surface area contributed by atoms with Crippen LogP contribution in [0.4, 0.5) is 20.2 Å². The maximum atomic E-state index is 12.6. The fourth-order valence-electron chi connectivity index (χ4n) is 1.64. The predicted molar refractivity (Wildman–Crippen MR) is 94.9 cm³/mol. The summed E-state index contributed by atoms with van der Waals surface area (Å²) >= 11 is 1.72. The lowest BCUT2D eigenvalue weighted by Crippen LogP contribution is -1.94. The van der Waals surface area contributed by atoms with Crippen molar-refractivity contribution in [3.63, 3.8) is 0 Å². The van der Waals surface area contributed by atoms with Gasteiger partial charge in [-0.25, -0.2) is 8.78 Å². The number of hydrogen-bond acceptors (Lipinski definition) is 4. The Morgan fingerprint density at radius 1 is 0.958 bits per heavy atom. The molecule has 0 N–H and O–H groups in total. The molecular weight excluding hydrogens is 437 g/mol. The number of hydrogen-bond donors (Lipinski definition) is 0. The molecule has 0 saturated carbocycles. The van der Waals surface area contributed by atoms with E-state index in [0.29, 0.717) is 15.6 Å². The van der Waals surface area contributed by atoms with E-state index in [4.69, 9.17) is 0 Å². The molecule has 6 nitrogen and oxygen atoms in total. The van der Waals surface area contributed by atoms with Gasteiger partial charge in [0.05, 0.1) is 13.4 Å². The monoisotopic (exact) mass is 452 g/mol. The van der Waals surface area contributed by atoms with Gasteiger partial charge in [0, 0.05) is 17.7 Å². The van der Waals surface area contributed by atoms with Gasteiger partial charge in [-0.1, -0.05) is 14.4 Å². The number of nitrogens with zero attached hydrogens (tertiary/aromatic N) is 2. The van der Waals surface area contributed by atoms with Crippen molar-refractivity contribution in [3.05, 3.63) is 77.4 Å². The molecule has 0 aliphatic carbocycles. The van der Waals surface area contributed by atoms with Gasteiger partial charge in [-0.15, -0.1) is 0 Å². The Kier molecular flexibility index (Phi) is 8.96. The Morgan fingerprint density at radius 3 is 1.83 bits per heavy atom.